The third-order valence-electron chi connectivity index (χ3n) is 4.77. The van der Waals surface area contributed by atoms with Crippen molar-refractivity contribution in [3.05, 3.63) is 92.0 Å². The second kappa shape index (κ2) is 8.86. The van der Waals surface area contributed by atoms with Crippen LogP contribution in [0.1, 0.15) is 41.9 Å². The summed E-state index contributed by atoms with van der Waals surface area (Å²) in [7, 11) is 0. The highest BCUT2D eigenvalue weighted by atomic mass is 19.1. The molecule has 30 heavy (non-hydrogen) atoms. The molecule has 0 radical (unpaired) electrons. The van der Waals surface area contributed by atoms with Crippen molar-refractivity contribution < 1.29 is 9.18 Å². The van der Waals surface area contributed by atoms with Gasteiger partial charge in [-0.25, -0.2) is 9.18 Å². The molecule has 2 aromatic carbocycles. The summed E-state index contributed by atoms with van der Waals surface area (Å²) in [6.45, 7) is 5.49. The van der Waals surface area contributed by atoms with E-state index >= 15 is 0 Å². The maximum Gasteiger partial charge on any atom is 0.352 e. The summed E-state index contributed by atoms with van der Waals surface area (Å²) in [5.41, 5.74) is -0.599. The van der Waals surface area contributed by atoms with Crippen LogP contribution >= 0.6 is 0 Å². The molecule has 1 heterocycles. The van der Waals surface area contributed by atoms with E-state index in [9.17, 15) is 18.8 Å². The number of aromatic nitrogens is 3. The number of hydrogen-bond acceptors (Lipinski definition) is 4. The zero-order chi connectivity index (χ0) is 21.8. The maximum absolute atomic E-state index is 14.4. The molecule has 1 aromatic heterocycles. The van der Waals surface area contributed by atoms with Gasteiger partial charge in [-0.15, -0.1) is 0 Å². The van der Waals surface area contributed by atoms with Gasteiger partial charge in [0.05, 0.1) is 6.54 Å². The van der Waals surface area contributed by atoms with Gasteiger partial charge < -0.3 is 5.32 Å². The topological polar surface area (TPSA) is 86.0 Å². The summed E-state index contributed by atoms with van der Waals surface area (Å²) < 4.78 is 16.0. The second-order valence-corrected chi connectivity index (χ2v) is 7.16. The predicted octanol–water partition coefficient (Wildman–Crippen LogP) is 2.42. The number of hydrogen-bond donors (Lipinski definition) is 1. The lowest BCUT2D eigenvalue weighted by molar-refractivity contribution is 0.0929. The molecule has 3 rings (SSSR count). The second-order valence-electron chi connectivity index (χ2n) is 7.16. The van der Waals surface area contributed by atoms with E-state index in [4.69, 9.17) is 0 Å². The molecule has 8 heteroatoms. The van der Waals surface area contributed by atoms with Gasteiger partial charge in [0.15, 0.2) is 0 Å². The van der Waals surface area contributed by atoms with Crippen molar-refractivity contribution in [1.29, 1.82) is 0 Å². The average molecular weight is 410 g/mol. The van der Waals surface area contributed by atoms with Crippen molar-refractivity contribution in [1.82, 2.24) is 19.7 Å². The van der Waals surface area contributed by atoms with E-state index in [1.807, 2.05) is 32.0 Å². The molecule has 1 atom stereocenters. The lowest BCUT2D eigenvalue weighted by Gasteiger charge is -2.14. The molecular weight excluding hydrogens is 387 g/mol. The lowest BCUT2D eigenvalue weighted by atomic mass is 10.1. The number of nitrogens with zero attached hydrogens (tertiary/aromatic N) is 3. The summed E-state index contributed by atoms with van der Waals surface area (Å²) in [6.07, 6.45) is 0.649. The van der Waals surface area contributed by atoms with Gasteiger partial charge in [-0.1, -0.05) is 48.9 Å². The number of para-hydroxylation sites is 1. The number of carbonyl (C=O) groups excluding carboxylic acids is 1. The molecule has 0 spiro atoms. The van der Waals surface area contributed by atoms with Gasteiger partial charge in [-0.2, -0.15) is 9.78 Å². The number of halogens is 1. The Kier molecular flexibility index (Phi) is 6.25. The van der Waals surface area contributed by atoms with Crippen LogP contribution in [-0.2, 0) is 6.54 Å². The van der Waals surface area contributed by atoms with Crippen LogP contribution in [-0.4, -0.2) is 26.3 Å². The molecule has 0 aliphatic heterocycles. The Labute approximate surface area is 172 Å². The zero-order valence-corrected chi connectivity index (χ0v) is 17.1. The average Bonchev–Trinajstić information content (AvgIpc) is 2.72. The quantitative estimate of drug-likeness (QED) is 0.676. The Morgan fingerprint density at radius 3 is 2.57 bits per heavy atom. The van der Waals surface area contributed by atoms with Crippen LogP contribution in [0.3, 0.4) is 0 Å². The first kappa shape index (κ1) is 21.2. The van der Waals surface area contributed by atoms with E-state index in [-0.39, 0.29) is 18.3 Å². The smallest absolute Gasteiger partial charge is 0.348 e. The van der Waals surface area contributed by atoms with Gasteiger partial charge in [-0.3, -0.25) is 14.2 Å². The normalized spacial score (nSPS) is 11.9. The van der Waals surface area contributed by atoms with E-state index in [0.29, 0.717) is 12.0 Å². The van der Waals surface area contributed by atoms with Gasteiger partial charge in [0.1, 0.15) is 11.5 Å². The van der Waals surface area contributed by atoms with Gasteiger partial charge in [-0.05, 0) is 38.0 Å². The molecule has 7 nitrogen and oxygen atoms in total. The van der Waals surface area contributed by atoms with Gasteiger partial charge in [0.2, 0.25) is 5.69 Å². The number of amides is 1. The van der Waals surface area contributed by atoms with Gasteiger partial charge in [0, 0.05) is 6.04 Å². The van der Waals surface area contributed by atoms with Crippen LogP contribution < -0.4 is 16.6 Å². The minimum absolute atomic E-state index is 0.0695. The monoisotopic (exact) mass is 410 g/mol. The number of aryl methyl sites for hydroxylation is 1. The lowest BCUT2D eigenvalue weighted by Crippen LogP contribution is -2.47. The van der Waals surface area contributed by atoms with E-state index in [2.05, 4.69) is 10.4 Å². The molecular formula is C22H23FN4O3. The summed E-state index contributed by atoms with van der Waals surface area (Å²) in [6, 6.07) is 12.7. The first-order valence-electron chi connectivity index (χ1n) is 9.67. The summed E-state index contributed by atoms with van der Waals surface area (Å²) in [4.78, 5) is 38.7. The van der Waals surface area contributed by atoms with E-state index in [1.165, 1.54) is 18.2 Å². The largest absolute Gasteiger partial charge is 0.352 e. The minimum atomic E-state index is -0.827. The molecule has 156 valence electrons. The van der Waals surface area contributed by atoms with Gasteiger partial charge >= 0.3 is 5.69 Å². The van der Waals surface area contributed by atoms with Crippen molar-refractivity contribution in [2.75, 3.05) is 0 Å². The van der Waals surface area contributed by atoms with Gasteiger partial charge in [0.25, 0.3) is 11.5 Å². The highest BCUT2D eigenvalue weighted by Gasteiger charge is 2.22. The minimum Gasteiger partial charge on any atom is -0.348 e. The van der Waals surface area contributed by atoms with Crippen molar-refractivity contribution in [3.8, 4) is 5.69 Å². The van der Waals surface area contributed by atoms with E-state index < -0.39 is 28.7 Å². The van der Waals surface area contributed by atoms with Crippen molar-refractivity contribution in [3.63, 3.8) is 0 Å². The van der Waals surface area contributed by atoms with Crippen LogP contribution in [0.25, 0.3) is 5.69 Å². The first-order chi connectivity index (χ1) is 14.3. The standard InChI is InChI=1S/C22H23FN4O3/c1-4-15(3)24-20(28)19-21(29)26(13-16-9-7-8-14(2)12-16)22(30)27(25-19)18-11-6-5-10-17(18)23/h5-12,15H,4,13H2,1-3H3,(H,24,28)/t15-/m1/s1. The molecule has 0 saturated carbocycles. The van der Waals surface area contributed by atoms with Crippen LogP contribution in [0.4, 0.5) is 4.39 Å². The first-order valence-corrected chi connectivity index (χ1v) is 9.67. The molecule has 0 fully saturated rings. The van der Waals surface area contributed by atoms with Crippen molar-refractivity contribution in [2.24, 2.45) is 0 Å². The van der Waals surface area contributed by atoms with E-state index in [0.717, 1.165) is 14.8 Å². The number of rotatable bonds is 6. The Balaban J connectivity index is 2.22. The van der Waals surface area contributed by atoms with Crippen LogP contribution in [0.2, 0.25) is 0 Å². The van der Waals surface area contributed by atoms with Crippen LogP contribution in [0.5, 0.6) is 0 Å². The Morgan fingerprint density at radius 2 is 1.90 bits per heavy atom. The SMILES string of the molecule is CC[C@@H](C)NC(=O)c1nn(-c2ccccc2F)c(=O)n(Cc2cccc(C)c2)c1=O. The fraction of sp³-hybridized carbons (Fsp3) is 0.273. The predicted molar refractivity (Wildman–Crippen MR) is 112 cm³/mol. The molecule has 1 amide bonds. The Morgan fingerprint density at radius 1 is 1.17 bits per heavy atom. The highest BCUT2D eigenvalue weighted by Crippen LogP contribution is 2.10. The summed E-state index contributed by atoms with van der Waals surface area (Å²) >= 11 is 0. The molecule has 0 saturated heterocycles. The number of carbonyl (C=O) groups is 1. The molecule has 0 aliphatic carbocycles. The molecule has 0 aliphatic rings. The van der Waals surface area contributed by atoms with Crippen LogP contribution in [0.15, 0.2) is 58.1 Å². The third-order valence-corrected chi connectivity index (χ3v) is 4.77. The number of nitrogens with one attached hydrogen (secondary N) is 1. The summed E-state index contributed by atoms with van der Waals surface area (Å²) in [5.74, 6) is -1.40. The molecule has 0 bridgehead atoms. The third kappa shape index (κ3) is 4.37. The van der Waals surface area contributed by atoms with Crippen molar-refractivity contribution >= 4 is 5.91 Å². The number of benzene rings is 2. The fourth-order valence-electron chi connectivity index (χ4n) is 2.96. The molecule has 3 aromatic rings. The highest BCUT2D eigenvalue weighted by molar-refractivity contribution is 5.91. The maximum atomic E-state index is 14.4. The fourth-order valence-corrected chi connectivity index (χ4v) is 2.96. The molecule has 0 unspecified atom stereocenters. The Hall–Kier alpha value is -3.55. The van der Waals surface area contributed by atoms with E-state index in [1.54, 1.807) is 19.1 Å². The van der Waals surface area contributed by atoms with Crippen LogP contribution in [0, 0.1) is 12.7 Å². The molecule has 1 N–H and O–H groups in total. The Bertz CT molecular complexity index is 1200. The van der Waals surface area contributed by atoms with Crippen molar-refractivity contribution in [2.45, 2.75) is 39.8 Å². The zero-order valence-electron chi connectivity index (χ0n) is 17.1. The summed E-state index contributed by atoms with van der Waals surface area (Å²) in [5, 5.41) is 6.60.